The first kappa shape index (κ1) is 19.2. The van der Waals surface area contributed by atoms with E-state index in [0.29, 0.717) is 0 Å². The highest BCUT2D eigenvalue weighted by Gasteiger charge is 2.30. The number of nitrogens with one attached hydrogen (secondary N) is 1. The summed E-state index contributed by atoms with van der Waals surface area (Å²) in [5, 5.41) is 3.45. The van der Waals surface area contributed by atoms with Gasteiger partial charge >= 0.3 is 0 Å². The zero-order valence-corrected chi connectivity index (χ0v) is 16.8. The van der Waals surface area contributed by atoms with E-state index >= 15 is 0 Å². The number of aliphatic imine (C=N–C) groups is 1. The fourth-order valence-corrected chi connectivity index (χ4v) is 3.52. The minimum absolute atomic E-state index is 0. The van der Waals surface area contributed by atoms with Gasteiger partial charge in [-0.15, -0.1) is 24.0 Å². The van der Waals surface area contributed by atoms with Crippen LogP contribution in [-0.4, -0.2) is 74.3 Å². The van der Waals surface area contributed by atoms with Gasteiger partial charge in [0.15, 0.2) is 5.96 Å². The molecule has 1 aliphatic carbocycles. The van der Waals surface area contributed by atoms with Crippen LogP contribution in [0.25, 0.3) is 0 Å². The van der Waals surface area contributed by atoms with Gasteiger partial charge in [-0.25, -0.2) is 0 Å². The number of hydrogen-bond donors (Lipinski definition) is 1. The number of halogens is 1. The Morgan fingerprint density at radius 3 is 2.65 bits per heavy atom. The lowest BCUT2D eigenvalue weighted by Crippen LogP contribution is -2.42. The normalized spacial score (nSPS) is 25.7. The highest BCUT2D eigenvalue weighted by molar-refractivity contribution is 14.0. The second-order valence-corrected chi connectivity index (χ2v) is 6.89. The summed E-state index contributed by atoms with van der Waals surface area (Å²) in [6, 6.07) is 0.734. The molecule has 0 aromatic heterocycles. The van der Waals surface area contributed by atoms with E-state index in [9.17, 15) is 0 Å². The molecule has 0 bridgehead atoms. The van der Waals surface area contributed by atoms with Crippen molar-refractivity contribution in [2.24, 2.45) is 10.9 Å². The molecule has 1 N–H and O–H groups in total. The lowest BCUT2D eigenvalue weighted by molar-refractivity contribution is 0.131. The standard InChI is InChI=1S/C17H32N4O.HI/c1-2-18-17(19-8-12-22-14-15-5-6-15)21-11-7-16(13-21)20-9-3-4-10-20;/h15-16H,2-14H2,1H3,(H,18,19);1H. The van der Waals surface area contributed by atoms with Crippen molar-refractivity contribution in [1.82, 2.24) is 15.1 Å². The van der Waals surface area contributed by atoms with Crippen molar-refractivity contribution in [1.29, 1.82) is 0 Å². The van der Waals surface area contributed by atoms with Crippen molar-refractivity contribution in [2.75, 3.05) is 52.5 Å². The van der Waals surface area contributed by atoms with Crippen LogP contribution in [0, 0.1) is 5.92 Å². The van der Waals surface area contributed by atoms with Crippen molar-refractivity contribution in [3.05, 3.63) is 0 Å². The van der Waals surface area contributed by atoms with Gasteiger partial charge < -0.3 is 15.0 Å². The molecule has 0 aromatic rings. The maximum absolute atomic E-state index is 5.69. The number of nitrogens with zero attached hydrogens (tertiary/aromatic N) is 3. The minimum atomic E-state index is 0. The van der Waals surface area contributed by atoms with Gasteiger partial charge in [-0.2, -0.15) is 0 Å². The van der Waals surface area contributed by atoms with Gasteiger partial charge in [-0.1, -0.05) is 0 Å². The molecule has 3 aliphatic rings. The monoisotopic (exact) mass is 436 g/mol. The number of guanidine groups is 1. The van der Waals surface area contributed by atoms with E-state index in [1.165, 1.54) is 45.2 Å². The van der Waals surface area contributed by atoms with Crippen LogP contribution in [0.4, 0.5) is 0 Å². The van der Waals surface area contributed by atoms with Crippen LogP contribution in [0.5, 0.6) is 0 Å². The predicted molar refractivity (Wildman–Crippen MR) is 106 cm³/mol. The lowest BCUT2D eigenvalue weighted by Gasteiger charge is -2.25. The Labute approximate surface area is 158 Å². The van der Waals surface area contributed by atoms with Crippen molar-refractivity contribution >= 4 is 29.9 Å². The molecular formula is C17H33IN4O. The molecule has 23 heavy (non-hydrogen) atoms. The molecule has 0 radical (unpaired) electrons. The van der Waals surface area contributed by atoms with Gasteiger partial charge in [-0.05, 0) is 58.0 Å². The van der Waals surface area contributed by atoms with Crippen molar-refractivity contribution in [2.45, 2.75) is 45.1 Å². The molecule has 1 saturated carbocycles. The zero-order valence-electron chi connectivity index (χ0n) is 14.5. The third-order valence-electron chi connectivity index (χ3n) is 5.00. The van der Waals surface area contributed by atoms with E-state index < -0.39 is 0 Å². The van der Waals surface area contributed by atoms with Gasteiger partial charge in [0.25, 0.3) is 0 Å². The van der Waals surface area contributed by atoms with Crippen LogP contribution in [0.1, 0.15) is 39.0 Å². The molecule has 0 amide bonds. The van der Waals surface area contributed by atoms with Crippen LogP contribution in [0.15, 0.2) is 4.99 Å². The van der Waals surface area contributed by atoms with Crippen LogP contribution in [0.2, 0.25) is 0 Å². The Bertz CT molecular complexity index is 370. The van der Waals surface area contributed by atoms with Crippen LogP contribution in [-0.2, 0) is 4.74 Å². The van der Waals surface area contributed by atoms with E-state index in [2.05, 4.69) is 22.0 Å². The minimum Gasteiger partial charge on any atom is -0.379 e. The second kappa shape index (κ2) is 10.0. The predicted octanol–water partition coefficient (Wildman–Crippen LogP) is 2.17. The Morgan fingerprint density at radius 2 is 1.96 bits per heavy atom. The molecule has 1 atom stereocenters. The molecule has 0 spiro atoms. The first-order valence-electron chi connectivity index (χ1n) is 9.22. The second-order valence-electron chi connectivity index (χ2n) is 6.89. The molecule has 3 fully saturated rings. The van der Waals surface area contributed by atoms with Crippen molar-refractivity contribution in [3.63, 3.8) is 0 Å². The molecular weight excluding hydrogens is 403 g/mol. The van der Waals surface area contributed by atoms with Gasteiger partial charge in [0, 0.05) is 32.3 Å². The number of hydrogen-bond acceptors (Lipinski definition) is 3. The Morgan fingerprint density at radius 1 is 1.17 bits per heavy atom. The van der Waals surface area contributed by atoms with Gasteiger partial charge in [0.05, 0.1) is 13.2 Å². The summed E-state index contributed by atoms with van der Waals surface area (Å²) in [4.78, 5) is 9.87. The van der Waals surface area contributed by atoms with E-state index in [4.69, 9.17) is 9.73 Å². The molecule has 2 heterocycles. The molecule has 6 heteroatoms. The van der Waals surface area contributed by atoms with Crippen molar-refractivity contribution < 1.29 is 4.74 Å². The van der Waals surface area contributed by atoms with Gasteiger partial charge in [-0.3, -0.25) is 9.89 Å². The molecule has 1 unspecified atom stereocenters. The first-order chi connectivity index (χ1) is 10.9. The molecule has 5 nitrogen and oxygen atoms in total. The first-order valence-corrected chi connectivity index (χ1v) is 9.22. The highest BCUT2D eigenvalue weighted by Crippen LogP contribution is 2.28. The summed E-state index contributed by atoms with van der Waals surface area (Å²) in [6.45, 7) is 10.4. The fraction of sp³-hybridized carbons (Fsp3) is 0.941. The Hall–Kier alpha value is -0.0800. The lowest BCUT2D eigenvalue weighted by atomic mass is 10.2. The molecule has 2 saturated heterocycles. The van der Waals surface area contributed by atoms with Crippen LogP contribution < -0.4 is 5.32 Å². The molecule has 134 valence electrons. The molecule has 0 aromatic carbocycles. The summed E-state index contributed by atoms with van der Waals surface area (Å²) in [7, 11) is 0. The average molecular weight is 436 g/mol. The highest BCUT2D eigenvalue weighted by atomic mass is 127. The van der Waals surface area contributed by atoms with Gasteiger partial charge in [0.2, 0.25) is 0 Å². The average Bonchev–Trinajstić information content (AvgIpc) is 3.02. The maximum atomic E-state index is 5.69. The SMILES string of the molecule is CCNC(=NCCOCC1CC1)N1CCC(N2CCCC2)C1.I. The van der Waals surface area contributed by atoms with Gasteiger partial charge in [0.1, 0.15) is 0 Å². The largest absolute Gasteiger partial charge is 0.379 e. The van der Waals surface area contributed by atoms with E-state index in [0.717, 1.165) is 57.3 Å². The zero-order chi connectivity index (χ0) is 15.2. The summed E-state index contributed by atoms with van der Waals surface area (Å²) in [6.07, 6.45) is 6.75. The van der Waals surface area contributed by atoms with Crippen molar-refractivity contribution in [3.8, 4) is 0 Å². The summed E-state index contributed by atoms with van der Waals surface area (Å²) >= 11 is 0. The summed E-state index contributed by atoms with van der Waals surface area (Å²) in [5.41, 5.74) is 0. The van der Waals surface area contributed by atoms with Crippen LogP contribution >= 0.6 is 24.0 Å². The van der Waals surface area contributed by atoms with Crippen LogP contribution in [0.3, 0.4) is 0 Å². The quantitative estimate of drug-likeness (QED) is 0.288. The third kappa shape index (κ3) is 6.05. The van der Waals surface area contributed by atoms with E-state index in [1.54, 1.807) is 0 Å². The number of ether oxygens (including phenoxy) is 1. The summed E-state index contributed by atoms with van der Waals surface area (Å²) < 4.78 is 5.69. The number of rotatable bonds is 7. The Balaban J connectivity index is 0.00000192. The third-order valence-corrected chi connectivity index (χ3v) is 5.00. The molecule has 3 rings (SSSR count). The van der Waals surface area contributed by atoms with E-state index in [1.807, 2.05) is 0 Å². The smallest absolute Gasteiger partial charge is 0.194 e. The topological polar surface area (TPSA) is 40.1 Å². The molecule has 2 aliphatic heterocycles. The fourth-order valence-electron chi connectivity index (χ4n) is 3.52. The summed E-state index contributed by atoms with van der Waals surface area (Å²) in [5.74, 6) is 1.93. The Kier molecular flexibility index (Phi) is 8.40. The maximum Gasteiger partial charge on any atom is 0.194 e. The van der Waals surface area contributed by atoms with E-state index in [-0.39, 0.29) is 24.0 Å². The number of likely N-dealkylation sites (tertiary alicyclic amines) is 2.